The summed E-state index contributed by atoms with van der Waals surface area (Å²) in [5.74, 6) is -0.587. The SMILES string of the molecule is Nc1c(C(F)(F)F)cc(C[C@@H](NC(=O)N2CCC(n3c(=O)[nH]c4ccccc43)CC2)C(=O)N2CCC(N3CCNCC3)CC2)cc1C(F)(F)F. The summed E-state index contributed by atoms with van der Waals surface area (Å²) in [6.45, 7) is 4.50. The molecule has 3 fully saturated rings. The number of imidazole rings is 1. The zero-order chi connectivity index (χ0) is 35.8. The van der Waals surface area contributed by atoms with Crippen LogP contribution < -0.4 is 22.1 Å². The number of nitrogens with zero attached hydrogens (tertiary/aromatic N) is 4. The van der Waals surface area contributed by atoms with Crippen LogP contribution in [0.25, 0.3) is 11.0 Å². The van der Waals surface area contributed by atoms with E-state index in [0.29, 0.717) is 56.4 Å². The minimum absolute atomic E-state index is 0.206. The molecule has 2 aromatic carbocycles. The highest BCUT2D eigenvalue weighted by molar-refractivity contribution is 5.87. The molecule has 3 aliphatic rings. The number of aromatic nitrogens is 2. The summed E-state index contributed by atoms with van der Waals surface area (Å²) in [7, 11) is 0. The van der Waals surface area contributed by atoms with E-state index in [0.717, 1.165) is 31.7 Å². The molecule has 272 valence electrons. The number of nitrogens with two attached hydrogens (primary N) is 1. The largest absolute Gasteiger partial charge is 0.418 e. The molecule has 5 N–H and O–H groups in total. The van der Waals surface area contributed by atoms with Crippen molar-refractivity contribution in [2.45, 2.75) is 62.6 Å². The molecule has 4 heterocycles. The number of nitrogen functional groups attached to an aromatic ring is 1. The lowest BCUT2D eigenvalue weighted by atomic mass is 9.96. The number of carbonyl (C=O) groups excluding carboxylic acids is 2. The van der Waals surface area contributed by atoms with Crippen LogP contribution >= 0.6 is 0 Å². The van der Waals surface area contributed by atoms with E-state index in [4.69, 9.17) is 5.73 Å². The number of anilines is 1. The second kappa shape index (κ2) is 14.2. The van der Waals surface area contributed by atoms with Gasteiger partial charge in [-0.3, -0.25) is 14.3 Å². The Morgan fingerprint density at radius 3 is 2.00 bits per heavy atom. The van der Waals surface area contributed by atoms with E-state index in [1.54, 1.807) is 16.7 Å². The molecule has 3 saturated heterocycles. The number of alkyl halides is 6. The minimum Gasteiger partial charge on any atom is -0.398 e. The Bertz CT molecular complexity index is 1720. The van der Waals surface area contributed by atoms with Crippen LogP contribution in [0.1, 0.15) is 48.4 Å². The summed E-state index contributed by atoms with van der Waals surface area (Å²) in [5, 5.41) is 5.93. The van der Waals surface area contributed by atoms with Crippen molar-refractivity contribution in [3.05, 3.63) is 63.6 Å². The number of hydrogen-bond acceptors (Lipinski definition) is 6. The van der Waals surface area contributed by atoms with Crippen LogP contribution in [0.4, 0.5) is 36.8 Å². The van der Waals surface area contributed by atoms with E-state index >= 15 is 0 Å². The van der Waals surface area contributed by atoms with Gasteiger partial charge in [-0.15, -0.1) is 0 Å². The third kappa shape index (κ3) is 7.57. The van der Waals surface area contributed by atoms with Crippen LogP contribution in [0.2, 0.25) is 0 Å². The molecule has 0 aliphatic carbocycles. The molecule has 17 heteroatoms. The number of likely N-dealkylation sites (tertiary alicyclic amines) is 2. The zero-order valence-corrected chi connectivity index (χ0v) is 27.2. The first-order valence-electron chi connectivity index (χ1n) is 16.8. The highest BCUT2D eigenvalue weighted by atomic mass is 19.4. The third-order valence-corrected chi connectivity index (χ3v) is 10.1. The molecule has 11 nitrogen and oxygen atoms in total. The summed E-state index contributed by atoms with van der Waals surface area (Å²) in [6, 6.07) is 6.16. The van der Waals surface area contributed by atoms with Gasteiger partial charge in [-0.25, -0.2) is 9.59 Å². The molecule has 3 aromatic rings. The number of halogens is 6. The highest BCUT2D eigenvalue weighted by Gasteiger charge is 2.42. The molecule has 3 amide bonds. The molecule has 1 atom stereocenters. The van der Waals surface area contributed by atoms with E-state index in [-0.39, 0.29) is 30.9 Å². The number of amides is 3. The summed E-state index contributed by atoms with van der Waals surface area (Å²) < 4.78 is 84.7. The van der Waals surface area contributed by atoms with Crippen molar-refractivity contribution in [3.8, 4) is 0 Å². The maximum atomic E-state index is 14.0. The molecule has 50 heavy (non-hydrogen) atoms. The van der Waals surface area contributed by atoms with Crippen molar-refractivity contribution in [1.82, 2.24) is 34.9 Å². The fourth-order valence-electron chi connectivity index (χ4n) is 7.46. The number of para-hydroxylation sites is 2. The van der Waals surface area contributed by atoms with Crippen molar-refractivity contribution in [2.75, 3.05) is 58.1 Å². The monoisotopic (exact) mass is 710 g/mol. The molecule has 0 saturated carbocycles. The van der Waals surface area contributed by atoms with Crippen LogP contribution in [0.3, 0.4) is 0 Å². The van der Waals surface area contributed by atoms with Gasteiger partial charge in [-0.05, 0) is 55.5 Å². The molecule has 1 aromatic heterocycles. The van der Waals surface area contributed by atoms with E-state index in [1.807, 2.05) is 12.1 Å². The van der Waals surface area contributed by atoms with Crippen LogP contribution in [-0.4, -0.2) is 101 Å². The molecular weight excluding hydrogens is 670 g/mol. The number of urea groups is 1. The third-order valence-electron chi connectivity index (χ3n) is 10.1. The molecule has 0 spiro atoms. The van der Waals surface area contributed by atoms with Crippen molar-refractivity contribution >= 4 is 28.7 Å². The smallest absolute Gasteiger partial charge is 0.398 e. The number of hydrogen-bond donors (Lipinski definition) is 4. The standard InChI is InChI=1S/C33H40F6N8O3/c34-32(35,36)23-17-20(18-24(28(23)40)33(37,38)39)19-26(29(48)45-11-5-21(6-12-45)44-15-9-41-10-16-44)43-30(49)46-13-7-22(8-14-46)47-27-4-2-1-3-25(27)42-31(47)50/h1-4,17-18,21-22,26,41H,5-16,19,40H2,(H,42,50)(H,43,49)/t26-/m1/s1. The number of benzene rings is 2. The quantitative estimate of drug-likeness (QED) is 0.228. The van der Waals surface area contributed by atoms with Gasteiger partial charge in [-0.2, -0.15) is 26.3 Å². The van der Waals surface area contributed by atoms with E-state index in [9.17, 15) is 40.7 Å². The number of fused-ring (bicyclic) bond motifs is 1. The van der Waals surface area contributed by atoms with Gasteiger partial charge < -0.3 is 31.2 Å². The Morgan fingerprint density at radius 2 is 1.40 bits per heavy atom. The summed E-state index contributed by atoms with van der Waals surface area (Å²) in [6.07, 6.45) is -8.88. The van der Waals surface area contributed by atoms with Crippen molar-refractivity contribution in [3.63, 3.8) is 0 Å². The van der Waals surface area contributed by atoms with Gasteiger partial charge in [0.2, 0.25) is 5.91 Å². The Hall–Kier alpha value is -4.25. The normalized spacial score (nSPS) is 19.6. The topological polar surface area (TPSA) is 132 Å². The Labute approximate surface area is 283 Å². The highest BCUT2D eigenvalue weighted by Crippen LogP contribution is 2.42. The number of carbonyl (C=O) groups is 2. The predicted molar refractivity (Wildman–Crippen MR) is 173 cm³/mol. The summed E-state index contributed by atoms with van der Waals surface area (Å²) in [5.41, 5.74) is 1.27. The maximum absolute atomic E-state index is 14.0. The van der Waals surface area contributed by atoms with Crippen LogP contribution in [-0.2, 0) is 23.6 Å². The fourth-order valence-corrected chi connectivity index (χ4v) is 7.46. The van der Waals surface area contributed by atoms with Crippen molar-refractivity contribution in [2.24, 2.45) is 0 Å². The molecule has 0 unspecified atom stereocenters. The number of piperazine rings is 1. The average Bonchev–Trinajstić information content (AvgIpc) is 3.43. The number of rotatable bonds is 6. The van der Waals surface area contributed by atoms with Gasteiger partial charge in [0.25, 0.3) is 0 Å². The van der Waals surface area contributed by atoms with E-state index < -0.39 is 59.1 Å². The predicted octanol–water partition coefficient (Wildman–Crippen LogP) is 3.80. The first-order valence-corrected chi connectivity index (χ1v) is 16.8. The summed E-state index contributed by atoms with van der Waals surface area (Å²) in [4.78, 5) is 48.4. The first kappa shape index (κ1) is 35.6. The van der Waals surface area contributed by atoms with Crippen LogP contribution in [0.5, 0.6) is 0 Å². The molecule has 6 rings (SSSR count). The summed E-state index contributed by atoms with van der Waals surface area (Å²) >= 11 is 0. The first-order chi connectivity index (χ1) is 23.7. The fraction of sp³-hybridized carbons (Fsp3) is 0.545. The van der Waals surface area contributed by atoms with E-state index in [1.165, 1.54) is 9.80 Å². The van der Waals surface area contributed by atoms with Gasteiger partial charge in [0.15, 0.2) is 0 Å². The van der Waals surface area contributed by atoms with Crippen LogP contribution in [0.15, 0.2) is 41.2 Å². The van der Waals surface area contributed by atoms with Crippen LogP contribution in [0, 0.1) is 0 Å². The Balaban J connectivity index is 1.21. The van der Waals surface area contributed by atoms with E-state index in [2.05, 4.69) is 20.5 Å². The average molecular weight is 711 g/mol. The Morgan fingerprint density at radius 1 is 0.840 bits per heavy atom. The van der Waals surface area contributed by atoms with Gasteiger partial charge in [-0.1, -0.05) is 12.1 Å². The molecule has 3 aliphatic heterocycles. The number of piperidine rings is 2. The molecule has 0 radical (unpaired) electrons. The van der Waals surface area contributed by atoms with Gasteiger partial charge in [0.1, 0.15) is 6.04 Å². The lowest BCUT2D eigenvalue weighted by Gasteiger charge is -2.41. The van der Waals surface area contributed by atoms with Gasteiger partial charge in [0, 0.05) is 70.9 Å². The zero-order valence-electron chi connectivity index (χ0n) is 27.2. The second-order valence-corrected chi connectivity index (χ2v) is 13.2. The van der Waals surface area contributed by atoms with Crippen molar-refractivity contribution < 1.29 is 35.9 Å². The second-order valence-electron chi connectivity index (χ2n) is 13.2. The van der Waals surface area contributed by atoms with Gasteiger partial charge >= 0.3 is 24.1 Å². The van der Waals surface area contributed by atoms with Crippen molar-refractivity contribution in [1.29, 1.82) is 0 Å². The maximum Gasteiger partial charge on any atom is 0.418 e. The molecule has 0 bridgehead atoms. The lowest BCUT2D eigenvalue weighted by Crippen LogP contribution is -2.57. The minimum atomic E-state index is -5.19. The number of nitrogens with one attached hydrogen (secondary N) is 3. The lowest BCUT2D eigenvalue weighted by molar-refractivity contribution is -0.141. The molecular formula is C33H40F6N8O3. The Kier molecular flexibility index (Phi) is 10.1. The van der Waals surface area contributed by atoms with Gasteiger partial charge in [0.05, 0.1) is 27.8 Å². The number of aromatic amines is 1. The number of H-pyrrole nitrogens is 1.